The maximum atomic E-state index is 14.0. The molecule has 0 bridgehead atoms. The van der Waals surface area contributed by atoms with E-state index in [0.29, 0.717) is 16.1 Å². The van der Waals surface area contributed by atoms with E-state index < -0.39 is 12.5 Å². The second-order valence-electron chi connectivity index (χ2n) is 4.26. The van der Waals surface area contributed by atoms with Gasteiger partial charge in [0.25, 0.3) is 0 Å². The highest BCUT2D eigenvalue weighted by Gasteiger charge is 2.32. The summed E-state index contributed by atoms with van der Waals surface area (Å²) >= 11 is 8.98. The van der Waals surface area contributed by atoms with E-state index >= 15 is 0 Å². The molecule has 1 nitrogen and oxygen atoms in total. The predicted molar refractivity (Wildman–Crippen MR) is 79.5 cm³/mol. The molecule has 0 atom stereocenters. The molecule has 20 heavy (non-hydrogen) atoms. The fraction of sp³-hybridized carbons (Fsp3) is 0.200. The van der Waals surface area contributed by atoms with Crippen molar-refractivity contribution < 1.29 is 13.5 Å². The third kappa shape index (κ3) is 3.70. The van der Waals surface area contributed by atoms with Crippen LogP contribution in [0.2, 0.25) is 0 Å². The van der Waals surface area contributed by atoms with Crippen LogP contribution in [0.15, 0.2) is 53.0 Å². The van der Waals surface area contributed by atoms with Gasteiger partial charge in [-0.2, -0.15) is 8.78 Å². The van der Waals surface area contributed by atoms with E-state index in [1.165, 1.54) is 12.1 Å². The number of hydrogen-bond donors (Lipinski definition) is 0. The van der Waals surface area contributed by atoms with Crippen molar-refractivity contribution in [2.45, 2.75) is 11.8 Å². The van der Waals surface area contributed by atoms with Crippen LogP contribution in [0.1, 0.15) is 11.1 Å². The summed E-state index contributed by atoms with van der Waals surface area (Å²) in [4.78, 5) is 0. The molecule has 0 N–H and O–H groups in total. The van der Waals surface area contributed by atoms with Crippen molar-refractivity contribution >= 4 is 27.5 Å². The molecule has 106 valence electrons. The van der Waals surface area contributed by atoms with Gasteiger partial charge in [0.05, 0.1) is 4.47 Å². The fourth-order valence-corrected chi connectivity index (χ4v) is 2.39. The average molecular weight is 362 g/mol. The Kier molecular flexibility index (Phi) is 5.00. The van der Waals surface area contributed by atoms with Gasteiger partial charge in [-0.05, 0) is 33.6 Å². The molecular weight excluding hydrogens is 350 g/mol. The molecular formula is C15H12BrClF2O. The van der Waals surface area contributed by atoms with Crippen molar-refractivity contribution in [3.05, 3.63) is 64.1 Å². The van der Waals surface area contributed by atoms with Gasteiger partial charge in [0, 0.05) is 11.4 Å². The molecule has 0 unspecified atom stereocenters. The van der Waals surface area contributed by atoms with Crippen LogP contribution in [0.3, 0.4) is 0 Å². The van der Waals surface area contributed by atoms with Gasteiger partial charge in [-0.3, -0.25) is 0 Å². The monoisotopic (exact) mass is 360 g/mol. The third-order valence-corrected chi connectivity index (χ3v) is 3.68. The average Bonchev–Trinajstić information content (AvgIpc) is 2.47. The van der Waals surface area contributed by atoms with Crippen LogP contribution in [0.4, 0.5) is 8.78 Å². The summed E-state index contributed by atoms with van der Waals surface area (Å²) in [5.41, 5.74) is 0.828. The van der Waals surface area contributed by atoms with Gasteiger partial charge in [-0.15, -0.1) is 11.6 Å². The van der Waals surface area contributed by atoms with Crippen molar-refractivity contribution in [1.82, 2.24) is 0 Å². The van der Waals surface area contributed by atoms with E-state index in [0.717, 1.165) is 5.56 Å². The van der Waals surface area contributed by atoms with Crippen LogP contribution in [0.5, 0.6) is 5.75 Å². The van der Waals surface area contributed by atoms with Crippen molar-refractivity contribution in [3.63, 3.8) is 0 Å². The lowest BCUT2D eigenvalue weighted by Gasteiger charge is -2.18. The van der Waals surface area contributed by atoms with Gasteiger partial charge in [0.1, 0.15) is 5.75 Å². The Morgan fingerprint density at radius 3 is 2.40 bits per heavy atom. The molecule has 0 saturated carbocycles. The second kappa shape index (κ2) is 6.55. The van der Waals surface area contributed by atoms with Crippen LogP contribution in [-0.2, 0) is 11.8 Å². The summed E-state index contributed by atoms with van der Waals surface area (Å²) in [5, 5.41) is 0. The quantitative estimate of drug-likeness (QED) is 0.652. The van der Waals surface area contributed by atoms with Crippen molar-refractivity contribution in [3.8, 4) is 5.75 Å². The van der Waals surface area contributed by atoms with E-state index in [9.17, 15) is 8.78 Å². The molecule has 0 aliphatic carbocycles. The van der Waals surface area contributed by atoms with E-state index in [-0.39, 0.29) is 5.56 Å². The number of rotatable bonds is 5. The van der Waals surface area contributed by atoms with Crippen LogP contribution < -0.4 is 4.74 Å². The predicted octanol–water partition coefficient (Wildman–Crippen LogP) is 5.36. The summed E-state index contributed by atoms with van der Waals surface area (Å²) in [5.74, 6) is -2.31. The van der Waals surface area contributed by atoms with Crippen molar-refractivity contribution in [1.29, 1.82) is 0 Å². The number of ether oxygens (including phenoxy) is 1. The largest absolute Gasteiger partial charge is 0.486 e. The van der Waals surface area contributed by atoms with E-state index in [1.54, 1.807) is 36.4 Å². The zero-order valence-corrected chi connectivity index (χ0v) is 12.8. The highest BCUT2D eigenvalue weighted by molar-refractivity contribution is 9.10. The second-order valence-corrected chi connectivity index (χ2v) is 5.38. The molecule has 2 aromatic carbocycles. The smallest absolute Gasteiger partial charge is 0.306 e. The zero-order valence-electron chi connectivity index (χ0n) is 10.5. The Morgan fingerprint density at radius 2 is 1.80 bits per heavy atom. The highest BCUT2D eigenvalue weighted by atomic mass is 79.9. The van der Waals surface area contributed by atoms with Gasteiger partial charge < -0.3 is 4.74 Å². The molecule has 0 saturated heterocycles. The van der Waals surface area contributed by atoms with Crippen LogP contribution in [0, 0.1) is 0 Å². The molecule has 0 aromatic heterocycles. The maximum absolute atomic E-state index is 14.0. The Hall–Kier alpha value is -1.13. The molecule has 2 rings (SSSR count). The normalized spacial score (nSPS) is 11.4. The SMILES string of the molecule is FC(F)(COc1ccc(CCl)cc1Br)c1ccccc1. The molecule has 0 fully saturated rings. The number of alkyl halides is 3. The van der Waals surface area contributed by atoms with Crippen LogP contribution in [0.25, 0.3) is 0 Å². The molecule has 0 amide bonds. The molecule has 5 heteroatoms. The number of benzene rings is 2. The van der Waals surface area contributed by atoms with Crippen LogP contribution in [-0.4, -0.2) is 6.61 Å². The first-order valence-electron chi connectivity index (χ1n) is 5.93. The van der Waals surface area contributed by atoms with Gasteiger partial charge in [0.15, 0.2) is 6.61 Å². The van der Waals surface area contributed by atoms with Crippen LogP contribution >= 0.6 is 27.5 Å². The number of halogens is 4. The molecule has 0 aliphatic heterocycles. The maximum Gasteiger partial charge on any atom is 0.306 e. The molecule has 0 heterocycles. The first kappa shape index (κ1) is 15.3. The van der Waals surface area contributed by atoms with Crippen molar-refractivity contribution in [2.24, 2.45) is 0 Å². The van der Waals surface area contributed by atoms with E-state index in [4.69, 9.17) is 16.3 Å². The topological polar surface area (TPSA) is 9.23 Å². The summed E-state index contributed by atoms with van der Waals surface area (Å²) in [6.07, 6.45) is 0. The van der Waals surface area contributed by atoms with Gasteiger partial charge in [0.2, 0.25) is 0 Å². The Morgan fingerprint density at radius 1 is 1.10 bits per heavy atom. The summed E-state index contributed by atoms with van der Waals surface area (Å²) in [6, 6.07) is 12.7. The van der Waals surface area contributed by atoms with E-state index in [1.807, 2.05) is 0 Å². The molecule has 0 aliphatic rings. The minimum Gasteiger partial charge on any atom is -0.486 e. The highest BCUT2D eigenvalue weighted by Crippen LogP contribution is 2.32. The van der Waals surface area contributed by atoms with E-state index in [2.05, 4.69) is 15.9 Å². The minimum atomic E-state index is -3.04. The summed E-state index contributed by atoms with van der Waals surface area (Å²) < 4.78 is 33.7. The lowest BCUT2D eigenvalue weighted by Crippen LogP contribution is -2.23. The van der Waals surface area contributed by atoms with Gasteiger partial charge in [-0.1, -0.05) is 36.4 Å². The molecule has 2 aromatic rings. The Bertz CT molecular complexity index is 575. The Balaban J connectivity index is 2.08. The Labute approximate surface area is 129 Å². The lowest BCUT2D eigenvalue weighted by atomic mass is 10.1. The summed E-state index contributed by atoms with van der Waals surface area (Å²) in [7, 11) is 0. The fourth-order valence-electron chi connectivity index (χ4n) is 1.68. The minimum absolute atomic E-state index is 0.0616. The van der Waals surface area contributed by atoms with Gasteiger partial charge in [-0.25, -0.2) is 0 Å². The first-order chi connectivity index (χ1) is 9.53. The number of hydrogen-bond acceptors (Lipinski definition) is 1. The van der Waals surface area contributed by atoms with Crippen molar-refractivity contribution in [2.75, 3.05) is 6.61 Å². The zero-order chi connectivity index (χ0) is 14.6. The van der Waals surface area contributed by atoms with Gasteiger partial charge >= 0.3 is 5.92 Å². The standard InChI is InChI=1S/C15H12BrClF2O/c16-13-8-11(9-17)6-7-14(13)20-10-15(18,19)12-4-2-1-3-5-12/h1-8H,9-10H2. The lowest BCUT2D eigenvalue weighted by molar-refractivity contribution is -0.0469. The first-order valence-corrected chi connectivity index (χ1v) is 7.26. The third-order valence-electron chi connectivity index (χ3n) is 2.76. The molecule has 0 radical (unpaired) electrons. The molecule has 0 spiro atoms. The summed E-state index contributed by atoms with van der Waals surface area (Å²) in [6.45, 7) is -0.712.